The van der Waals surface area contributed by atoms with Crippen LogP contribution in [0.3, 0.4) is 0 Å². The fraction of sp³-hybridized carbons (Fsp3) is 0.250. The smallest absolute Gasteiger partial charge is 0.272 e. The molecule has 1 aliphatic heterocycles. The van der Waals surface area contributed by atoms with Gasteiger partial charge in [0.1, 0.15) is 11.8 Å². The molecule has 0 saturated heterocycles. The molecule has 3 heterocycles. The molecule has 132 valence electrons. The minimum absolute atomic E-state index is 0.108. The van der Waals surface area contributed by atoms with Crippen molar-refractivity contribution >= 4 is 5.91 Å². The van der Waals surface area contributed by atoms with Gasteiger partial charge in [-0.2, -0.15) is 5.10 Å². The molecule has 4 rings (SSSR count). The number of pyridine rings is 1. The quantitative estimate of drug-likeness (QED) is 0.727. The highest BCUT2D eigenvalue weighted by Crippen LogP contribution is 2.27. The molecular weight excluding hydrogens is 328 g/mol. The summed E-state index contributed by atoms with van der Waals surface area (Å²) in [7, 11) is 1.78. The standard InChI is InChI=1S/C20H20N4O2/c1-23(14-18-16-7-3-2-6-15(16)10-13-26-18)20(25)17-8-4-9-19(22-17)24-12-5-11-21-24/h2-9,11-12,18H,10,13-14H2,1H3/t18-/m0/s1. The first-order chi connectivity index (χ1) is 12.7. The Balaban J connectivity index is 1.52. The Kier molecular flexibility index (Phi) is 4.50. The summed E-state index contributed by atoms with van der Waals surface area (Å²) in [4.78, 5) is 18.9. The van der Waals surface area contributed by atoms with Crippen molar-refractivity contribution in [3.8, 4) is 5.82 Å². The number of fused-ring (bicyclic) bond motifs is 1. The molecule has 0 saturated carbocycles. The van der Waals surface area contributed by atoms with Gasteiger partial charge in [0.2, 0.25) is 0 Å². The lowest BCUT2D eigenvalue weighted by atomic mass is 9.97. The van der Waals surface area contributed by atoms with Gasteiger partial charge in [-0.1, -0.05) is 30.3 Å². The number of rotatable bonds is 4. The molecule has 0 N–H and O–H groups in total. The molecular formula is C20H20N4O2. The average molecular weight is 348 g/mol. The second-order valence-corrected chi connectivity index (χ2v) is 6.33. The molecule has 0 unspecified atom stereocenters. The van der Waals surface area contributed by atoms with Gasteiger partial charge in [0.25, 0.3) is 5.91 Å². The molecule has 0 aliphatic carbocycles. The minimum Gasteiger partial charge on any atom is -0.371 e. The summed E-state index contributed by atoms with van der Waals surface area (Å²) in [5.74, 6) is 0.485. The molecule has 0 radical (unpaired) electrons. The van der Waals surface area contributed by atoms with Crippen molar-refractivity contribution in [1.82, 2.24) is 19.7 Å². The lowest BCUT2D eigenvalue weighted by Gasteiger charge is -2.29. The first-order valence-corrected chi connectivity index (χ1v) is 8.64. The summed E-state index contributed by atoms with van der Waals surface area (Å²) in [6.07, 6.45) is 4.29. The van der Waals surface area contributed by atoms with Gasteiger partial charge in [-0.05, 0) is 35.7 Å². The first kappa shape index (κ1) is 16.5. The van der Waals surface area contributed by atoms with E-state index in [-0.39, 0.29) is 12.0 Å². The molecule has 2 aromatic heterocycles. The summed E-state index contributed by atoms with van der Waals surface area (Å²) in [5, 5.41) is 4.16. The molecule has 26 heavy (non-hydrogen) atoms. The Morgan fingerprint density at radius 2 is 2.12 bits per heavy atom. The van der Waals surface area contributed by atoms with Crippen LogP contribution in [0, 0.1) is 0 Å². The molecule has 1 aromatic carbocycles. The number of hydrogen-bond acceptors (Lipinski definition) is 4. The van der Waals surface area contributed by atoms with E-state index in [1.165, 1.54) is 5.56 Å². The van der Waals surface area contributed by atoms with E-state index in [2.05, 4.69) is 22.2 Å². The molecule has 1 atom stereocenters. The van der Waals surface area contributed by atoms with Crippen LogP contribution in [0.5, 0.6) is 0 Å². The van der Waals surface area contributed by atoms with Crippen molar-refractivity contribution in [2.45, 2.75) is 12.5 Å². The van der Waals surface area contributed by atoms with Crippen LogP contribution < -0.4 is 0 Å². The second-order valence-electron chi connectivity index (χ2n) is 6.33. The zero-order valence-corrected chi connectivity index (χ0v) is 14.6. The van der Waals surface area contributed by atoms with Crippen molar-refractivity contribution in [3.05, 3.63) is 77.7 Å². The Labute approximate surface area is 152 Å². The van der Waals surface area contributed by atoms with Crippen LogP contribution in [0.25, 0.3) is 5.82 Å². The highest BCUT2D eigenvalue weighted by molar-refractivity contribution is 5.92. The Bertz CT molecular complexity index is 908. The van der Waals surface area contributed by atoms with E-state index < -0.39 is 0 Å². The normalized spacial score (nSPS) is 16.1. The fourth-order valence-corrected chi connectivity index (χ4v) is 3.23. The van der Waals surface area contributed by atoms with Crippen molar-refractivity contribution in [2.75, 3.05) is 20.2 Å². The lowest BCUT2D eigenvalue weighted by Crippen LogP contribution is -2.34. The van der Waals surface area contributed by atoms with Gasteiger partial charge >= 0.3 is 0 Å². The number of carbonyl (C=O) groups is 1. The Morgan fingerprint density at radius 1 is 1.23 bits per heavy atom. The number of hydrogen-bond donors (Lipinski definition) is 0. The maximum Gasteiger partial charge on any atom is 0.272 e. The van der Waals surface area contributed by atoms with Gasteiger partial charge in [-0.15, -0.1) is 0 Å². The van der Waals surface area contributed by atoms with Crippen LogP contribution in [0.15, 0.2) is 60.9 Å². The topological polar surface area (TPSA) is 60.2 Å². The zero-order chi connectivity index (χ0) is 17.9. The van der Waals surface area contributed by atoms with E-state index in [0.717, 1.165) is 12.0 Å². The first-order valence-electron chi connectivity index (χ1n) is 8.64. The maximum atomic E-state index is 12.8. The average Bonchev–Trinajstić information content (AvgIpc) is 3.23. The highest BCUT2D eigenvalue weighted by atomic mass is 16.5. The van der Waals surface area contributed by atoms with Crippen LogP contribution >= 0.6 is 0 Å². The number of likely N-dealkylation sites (N-methyl/N-ethyl adjacent to an activating group) is 1. The summed E-state index contributed by atoms with van der Waals surface area (Å²) < 4.78 is 7.55. The van der Waals surface area contributed by atoms with Gasteiger partial charge in [-0.25, -0.2) is 9.67 Å². The van der Waals surface area contributed by atoms with Gasteiger partial charge in [0.05, 0.1) is 13.2 Å². The molecule has 3 aromatic rings. The number of carbonyl (C=O) groups excluding carboxylic acids is 1. The van der Waals surface area contributed by atoms with E-state index in [9.17, 15) is 4.79 Å². The third-order valence-corrected chi connectivity index (χ3v) is 4.57. The van der Waals surface area contributed by atoms with Crippen molar-refractivity contribution in [2.24, 2.45) is 0 Å². The van der Waals surface area contributed by atoms with Crippen LogP contribution in [0.4, 0.5) is 0 Å². The number of amides is 1. The van der Waals surface area contributed by atoms with Crippen LogP contribution in [-0.2, 0) is 11.2 Å². The van der Waals surface area contributed by atoms with E-state index in [1.54, 1.807) is 35.1 Å². The molecule has 1 amide bonds. The predicted molar refractivity (Wildman–Crippen MR) is 97.2 cm³/mol. The van der Waals surface area contributed by atoms with E-state index >= 15 is 0 Å². The zero-order valence-electron chi connectivity index (χ0n) is 14.6. The highest BCUT2D eigenvalue weighted by Gasteiger charge is 2.24. The van der Waals surface area contributed by atoms with E-state index in [1.807, 2.05) is 30.3 Å². The van der Waals surface area contributed by atoms with E-state index in [4.69, 9.17) is 4.74 Å². The predicted octanol–water partition coefficient (Wildman–Crippen LogP) is 2.65. The molecule has 0 fully saturated rings. The molecule has 6 heteroatoms. The van der Waals surface area contributed by atoms with Gasteiger partial charge in [0.15, 0.2) is 5.82 Å². The summed E-state index contributed by atoms with van der Waals surface area (Å²) in [5.41, 5.74) is 2.85. The SMILES string of the molecule is CN(C[C@@H]1OCCc2ccccc21)C(=O)c1cccc(-n2cccn2)n1. The monoisotopic (exact) mass is 348 g/mol. The van der Waals surface area contributed by atoms with Gasteiger partial charge in [-0.3, -0.25) is 4.79 Å². The summed E-state index contributed by atoms with van der Waals surface area (Å²) in [6.45, 7) is 1.17. The number of nitrogens with zero attached hydrogens (tertiary/aromatic N) is 4. The number of ether oxygens (including phenoxy) is 1. The second kappa shape index (κ2) is 7.09. The van der Waals surface area contributed by atoms with Gasteiger partial charge in [0, 0.05) is 19.4 Å². The Hall–Kier alpha value is -2.99. The summed E-state index contributed by atoms with van der Waals surface area (Å²) in [6, 6.07) is 15.4. The molecule has 0 bridgehead atoms. The Morgan fingerprint density at radius 3 is 2.96 bits per heavy atom. The third kappa shape index (κ3) is 3.23. The molecule has 6 nitrogen and oxygen atoms in total. The fourth-order valence-electron chi connectivity index (χ4n) is 3.23. The van der Waals surface area contributed by atoms with Crippen molar-refractivity contribution in [3.63, 3.8) is 0 Å². The number of benzene rings is 1. The van der Waals surface area contributed by atoms with Crippen LogP contribution in [0.1, 0.15) is 27.7 Å². The molecule has 0 spiro atoms. The van der Waals surface area contributed by atoms with Gasteiger partial charge < -0.3 is 9.64 Å². The largest absolute Gasteiger partial charge is 0.371 e. The maximum absolute atomic E-state index is 12.8. The third-order valence-electron chi connectivity index (χ3n) is 4.57. The van der Waals surface area contributed by atoms with Crippen molar-refractivity contribution < 1.29 is 9.53 Å². The van der Waals surface area contributed by atoms with E-state index in [0.29, 0.717) is 24.7 Å². The minimum atomic E-state index is -0.134. The van der Waals surface area contributed by atoms with Crippen molar-refractivity contribution in [1.29, 1.82) is 0 Å². The lowest BCUT2D eigenvalue weighted by molar-refractivity contribution is 0.0198. The number of aromatic nitrogens is 3. The molecule has 1 aliphatic rings. The summed E-state index contributed by atoms with van der Waals surface area (Å²) >= 11 is 0. The van der Waals surface area contributed by atoms with Crippen LogP contribution in [0.2, 0.25) is 0 Å². The van der Waals surface area contributed by atoms with Crippen LogP contribution in [-0.4, -0.2) is 45.8 Å².